The molecule has 0 aromatic heterocycles. The Morgan fingerprint density at radius 2 is 1.44 bits per heavy atom. The van der Waals surface area contributed by atoms with Gasteiger partial charge in [-0.25, -0.2) is 0 Å². The van der Waals surface area contributed by atoms with Gasteiger partial charge in [-0.2, -0.15) is 0 Å². The van der Waals surface area contributed by atoms with E-state index in [2.05, 4.69) is 19.2 Å². The Morgan fingerprint density at radius 1 is 0.889 bits per heavy atom. The zero-order valence-electron chi connectivity index (χ0n) is 16.5. The third-order valence-electron chi connectivity index (χ3n) is 4.58. The van der Waals surface area contributed by atoms with Gasteiger partial charge in [0.1, 0.15) is 6.04 Å². The second kappa shape index (κ2) is 10.5. The van der Waals surface area contributed by atoms with Gasteiger partial charge in [-0.1, -0.05) is 74.5 Å². The molecule has 27 heavy (non-hydrogen) atoms. The van der Waals surface area contributed by atoms with Crippen LogP contribution in [0.4, 0.5) is 0 Å². The summed E-state index contributed by atoms with van der Waals surface area (Å²) < 4.78 is 0. The van der Waals surface area contributed by atoms with Crippen LogP contribution in [0.15, 0.2) is 60.7 Å². The monoisotopic (exact) mass is 366 g/mol. The zero-order valence-corrected chi connectivity index (χ0v) is 16.5. The van der Waals surface area contributed by atoms with Crippen LogP contribution in [0, 0.1) is 5.92 Å². The molecule has 2 aromatic carbocycles. The molecule has 0 fully saturated rings. The molecule has 1 atom stereocenters. The summed E-state index contributed by atoms with van der Waals surface area (Å²) in [6, 6.07) is 18.9. The van der Waals surface area contributed by atoms with Crippen LogP contribution in [0.3, 0.4) is 0 Å². The molecule has 0 bridgehead atoms. The van der Waals surface area contributed by atoms with Gasteiger partial charge < -0.3 is 10.2 Å². The topological polar surface area (TPSA) is 49.4 Å². The van der Waals surface area contributed by atoms with Crippen LogP contribution >= 0.6 is 0 Å². The van der Waals surface area contributed by atoms with Crippen molar-refractivity contribution in [1.29, 1.82) is 0 Å². The van der Waals surface area contributed by atoms with Crippen molar-refractivity contribution >= 4 is 11.8 Å². The number of hydrogen-bond donors (Lipinski definition) is 1. The number of carbonyl (C=O) groups is 2. The number of hydrogen-bond acceptors (Lipinski definition) is 2. The maximum atomic E-state index is 13.0. The number of rotatable bonds is 9. The predicted molar refractivity (Wildman–Crippen MR) is 109 cm³/mol. The molecule has 2 rings (SSSR count). The fraction of sp³-hybridized carbons (Fsp3) is 0.391. The summed E-state index contributed by atoms with van der Waals surface area (Å²) in [7, 11) is 0. The maximum absolute atomic E-state index is 13.0. The summed E-state index contributed by atoms with van der Waals surface area (Å²) in [6.07, 6.45) is 1.21. The first-order chi connectivity index (χ1) is 13.0. The summed E-state index contributed by atoms with van der Waals surface area (Å²) in [5, 5.41) is 2.97. The highest BCUT2D eigenvalue weighted by atomic mass is 16.2. The van der Waals surface area contributed by atoms with E-state index in [1.54, 1.807) is 11.8 Å². The highest BCUT2D eigenvalue weighted by molar-refractivity contribution is 5.88. The maximum Gasteiger partial charge on any atom is 0.242 e. The molecule has 0 saturated heterocycles. The molecule has 4 heteroatoms. The van der Waals surface area contributed by atoms with Crippen LogP contribution in [-0.2, 0) is 22.6 Å². The molecular formula is C23H30N2O2. The van der Waals surface area contributed by atoms with Crippen molar-refractivity contribution in [3.8, 4) is 0 Å². The van der Waals surface area contributed by atoms with Crippen LogP contribution in [-0.4, -0.2) is 29.3 Å². The second-order valence-corrected chi connectivity index (χ2v) is 7.32. The first kappa shape index (κ1) is 20.7. The van der Waals surface area contributed by atoms with E-state index in [0.29, 0.717) is 19.0 Å². The minimum absolute atomic E-state index is 0.0448. The normalized spacial score (nSPS) is 11.9. The van der Waals surface area contributed by atoms with Gasteiger partial charge >= 0.3 is 0 Å². The molecule has 2 amide bonds. The molecule has 144 valence electrons. The smallest absolute Gasteiger partial charge is 0.242 e. The summed E-state index contributed by atoms with van der Waals surface area (Å²) in [5.41, 5.74) is 1.97. The van der Waals surface area contributed by atoms with Gasteiger partial charge in [0.25, 0.3) is 0 Å². The molecule has 4 nitrogen and oxygen atoms in total. The van der Waals surface area contributed by atoms with E-state index in [9.17, 15) is 9.59 Å². The Balaban J connectivity index is 2.10. The molecule has 0 heterocycles. The fourth-order valence-corrected chi connectivity index (χ4v) is 2.87. The Bertz CT molecular complexity index is 714. The molecule has 0 unspecified atom stereocenters. The van der Waals surface area contributed by atoms with E-state index in [1.165, 1.54) is 0 Å². The molecule has 0 saturated carbocycles. The van der Waals surface area contributed by atoms with Gasteiger partial charge in [-0.3, -0.25) is 9.59 Å². The Kier molecular flexibility index (Phi) is 8.05. The largest absolute Gasteiger partial charge is 0.354 e. The molecule has 0 radical (unpaired) electrons. The van der Waals surface area contributed by atoms with Crippen LogP contribution in [0.2, 0.25) is 0 Å². The second-order valence-electron chi connectivity index (χ2n) is 7.32. The van der Waals surface area contributed by atoms with Gasteiger partial charge in [0, 0.05) is 13.1 Å². The van der Waals surface area contributed by atoms with E-state index in [4.69, 9.17) is 0 Å². The molecule has 2 aromatic rings. The number of carbonyl (C=O) groups excluding carboxylic acids is 2. The lowest BCUT2D eigenvalue weighted by Gasteiger charge is -2.29. The van der Waals surface area contributed by atoms with Crippen molar-refractivity contribution in [3.63, 3.8) is 0 Å². The number of nitrogens with one attached hydrogen (secondary N) is 1. The van der Waals surface area contributed by atoms with Gasteiger partial charge in [0.05, 0.1) is 6.42 Å². The van der Waals surface area contributed by atoms with Crippen LogP contribution < -0.4 is 5.32 Å². The van der Waals surface area contributed by atoms with E-state index >= 15 is 0 Å². The first-order valence-electron chi connectivity index (χ1n) is 9.62. The van der Waals surface area contributed by atoms with E-state index in [1.807, 2.05) is 60.7 Å². The molecule has 1 N–H and O–H groups in total. The summed E-state index contributed by atoms with van der Waals surface area (Å²) in [5.74, 6) is 0.380. The van der Waals surface area contributed by atoms with Crippen molar-refractivity contribution < 1.29 is 9.59 Å². The van der Waals surface area contributed by atoms with Gasteiger partial charge in [0.2, 0.25) is 11.8 Å². The SMILES string of the molecule is CC(C)CCNC(=O)[C@H](C)N(Cc1ccccc1)C(=O)Cc1ccccc1. The van der Waals surface area contributed by atoms with Crippen molar-refractivity contribution in [2.75, 3.05) is 6.54 Å². The van der Waals surface area contributed by atoms with Crippen molar-refractivity contribution in [1.82, 2.24) is 10.2 Å². The number of benzene rings is 2. The molecular weight excluding hydrogens is 336 g/mol. The Hall–Kier alpha value is -2.62. The molecule has 0 aliphatic heterocycles. The minimum Gasteiger partial charge on any atom is -0.354 e. The third-order valence-corrected chi connectivity index (χ3v) is 4.58. The predicted octanol–water partition coefficient (Wildman–Crippen LogP) is 3.81. The van der Waals surface area contributed by atoms with Crippen molar-refractivity contribution in [2.24, 2.45) is 5.92 Å². The molecule has 0 aliphatic carbocycles. The van der Waals surface area contributed by atoms with E-state index in [0.717, 1.165) is 17.5 Å². The van der Waals surface area contributed by atoms with Gasteiger partial charge in [0.15, 0.2) is 0 Å². The first-order valence-corrected chi connectivity index (χ1v) is 9.62. The zero-order chi connectivity index (χ0) is 19.6. The van der Waals surface area contributed by atoms with E-state index in [-0.39, 0.29) is 18.2 Å². The van der Waals surface area contributed by atoms with Crippen LogP contribution in [0.1, 0.15) is 38.3 Å². The van der Waals surface area contributed by atoms with E-state index < -0.39 is 6.04 Å². The fourth-order valence-electron chi connectivity index (χ4n) is 2.87. The summed E-state index contributed by atoms with van der Waals surface area (Å²) >= 11 is 0. The lowest BCUT2D eigenvalue weighted by molar-refractivity contribution is -0.140. The van der Waals surface area contributed by atoms with Crippen molar-refractivity contribution in [2.45, 2.75) is 46.2 Å². The standard InChI is InChI=1S/C23H30N2O2/c1-18(2)14-15-24-23(27)19(3)25(17-21-12-8-5-9-13-21)22(26)16-20-10-6-4-7-11-20/h4-13,18-19H,14-17H2,1-3H3,(H,24,27)/t19-/m0/s1. The van der Waals surface area contributed by atoms with Gasteiger partial charge in [-0.05, 0) is 30.4 Å². The molecule has 0 spiro atoms. The number of nitrogens with zero attached hydrogens (tertiary/aromatic N) is 1. The Morgan fingerprint density at radius 3 is 2.00 bits per heavy atom. The molecule has 0 aliphatic rings. The van der Waals surface area contributed by atoms with Crippen LogP contribution in [0.25, 0.3) is 0 Å². The summed E-state index contributed by atoms with van der Waals surface area (Å²) in [6.45, 7) is 7.11. The highest BCUT2D eigenvalue weighted by Crippen LogP contribution is 2.12. The van der Waals surface area contributed by atoms with Crippen LogP contribution in [0.5, 0.6) is 0 Å². The summed E-state index contributed by atoms with van der Waals surface area (Å²) in [4.78, 5) is 27.3. The Labute approximate surface area is 162 Å². The lowest BCUT2D eigenvalue weighted by atomic mass is 10.1. The average Bonchev–Trinajstić information content (AvgIpc) is 2.66. The average molecular weight is 367 g/mol. The minimum atomic E-state index is -0.520. The number of amides is 2. The lowest BCUT2D eigenvalue weighted by Crippen LogP contribution is -2.48. The van der Waals surface area contributed by atoms with Crippen molar-refractivity contribution in [3.05, 3.63) is 71.8 Å². The van der Waals surface area contributed by atoms with Gasteiger partial charge in [-0.15, -0.1) is 0 Å². The quantitative estimate of drug-likeness (QED) is 0.734. The third kappa shape index (κ3) is 6.89. The highest BCUT2D eigenvalue weighted by Gasteiger charge is 2.26.